The van der Waals surface area contributed by atoms with Crippen molar-refractivity contribution in [2.45, 2.75) is 6.17 Å². The number of rotatable bonds is 8. The summed E-state index contributed by atoms with van der Waals surface area (Å²) in [5, 5.41) is 6.11. The fraction of sp³-hybridized carbons (Fsp3) is 0.0182. The Hall–Kier alpha value is -8.22. The van der Waals surface area contributed by atoms with E-state index < -0.39 is 0 Å². The summed E-state index contributed by atoms with van der Waals surface area (Å²) in [6.07, 6.45) is -0.196. The smallest absolute Gasteiger partial charge is 0.164 e. The molecule has 0 saturated heterocycles. The second-order valence-electron chi connectivity index (χ2n) is 15.1. The molecule has 1 aliphatic rings. The zero-order valence-corrected chi connectivity index (χ0v) is 33.1. The maximum Gasteiger partial charge on any atom is 0.164 e. The van der Waals surface area contributed by atoms with Gasteiger partial charge in [-0.2, -0.15) is 0 Å². The molecule has 0 bridgehead atoms. The molecule has 2 aromatic heterocycles. The zero-order valence-electron chi connectivity index (χ0n) is 33.1. The van der Waals surface area contributed by atoms with Crippen molar-refractivity contribution in [1.29, 1.82) is 0 Å². The number of nitrogens with one attached hydrogen (secondary N) is 1. The van der Waals surface area contributed by atoms with E-state index in [4.69, 9.17) is 19.9 Å². The molecular weight excluding hydrogens is 745 g/mol. The molecule has 8 aromatic carbocycles. The quantitative estimate of drug-likeness (QED) is 0.167. The van der Waals surface area contributed by atoms with Crippen LogP contribution >= 0.6 is 0 Å². The first-order valence-electron chi connectivity index (χ1n) is 20.5. The maximum absolute atomic E-state index is 5.37. The first-order valence-corrected chi connectivity index (χ1v) is 20.5. The lowest BCUT2D eigenvalue weighted by Gasteiger charge is -2.30. The molecule has 6 heteroatoms. The Morgan fingerprint density at radius 1 is 0.344 bits per heavy atom. The van der Waals surface area contributed by atoms with Gasteiger partial charge in [0.2, 0.25) is 0 Å². The van der Waals surface area contributed by atoms with E-state index in [1.807, 2.05) is 12.1 Å². The van der Waals surface area contributed by atoms with E-state index in [2.05, 4.69) is 216 Å². The first-order chi connectivity index (χ1) is 30.2. The molecule has 10 aromatic rings. The molecule has 0 aliphatic carbocycles. The summed E-state index contributed by atoms with van der Waals surface area (Å²) in [5.41, 5.74) is 11.6. The average Bonchev–Trinajstić information content (AvgIpc) is 3.69. The second-order valence-corrected chi connectivity index (χ2v) is 15.1. The van der Waals surface area contributed by atoms with E-state index in [-0.39, 0.29) is 6.17 Å². The number of aromatic nitrogens is 4. The van der Waals surface area contributed by atoms with Gasteiger partial charge in [-0.25, -0.2) is 19.9 Å². The van der Waals surface area contributed by atoms with Crippen LogP contribution in [0.1, 0.15) is 17.3 Å². The summed E-state index contributed by atoms with van der Waals surface area (Å²) in [6.45, 7) is 0. The predicted octanol–water partition coefficient (Wildman–Crippen LogP) is 13.1. The van der Waals surface area contributed by atoms with E-state index in [0.717, 1.165) is 83.8 Å². The minimum absolute atomic E-state index is 0.196. The molecule has 0 amide bonds. The van der Waals surface area contributed by atoms with Crippen LogP contribution in [0.2, 0.25) is 0 Å². The number of hydrogen-bond acceptors (Lipinski definition) is 5. The third kappa shape index (κ3) is 6.86. The SMILES string of the molecule is c1ccc(-c2cccc(-c3nc(-c4ccc(C5=Nc6c7ccccc7c(-c7ccccc7)n6C(c6ccccc6)N5)cc4)nc(-c4cccc(-c5ccccc5)c4)n3)c2)cc1. The normalized spacial score (nSPS) is 13.3. The molecule has 0 spiro atoms. The van der Waals surface area contributed by atoms with Crippen LogP contribution in [0, 0.1) is 0 Å². The molecule has 0 fully saturated rings. The summed E-state index contributed by atoms with van der Waals surface area (Å²) < 4.78 is 2.35. The van der Waals surface area contributed by atoms with Gasteiger partial charge in [-0.15, -0.1) is 0 Å². The van der Waals surface area contributed by atoms with Gasteiger partial charge in [0.05, 0.1) is 5.69 Å². The Balaban J connectivity index is 1.02. The van der Waals surface area contributed by atoms with E-state index in [0.29, 0.717) is 17.5 Å². The molecule has 3 heterocycles. The monoisotopic (exact) mass is 782 g/mol. The minimum atomic E-state index is -0.196. The standard InChI is InChI=1S/C55H38N6/c1-5-17-37(18-6-1)43-25-15-27-45(35-43)52-56-50(57-53(58-52)46-28-16-26-44(36-46)38-19-7-2-8-20-38)40-31-33-41(34-32-40)51-59-54(42-23-11-4-12-24-42)61-49(39-21-9-3-10-22-39)47-29-13-14-30-48(47)55(61)60-51/h1-36,54H,(H,59,60). The summed E-state index contributed by atoms with van der Waals surface area (Å²) in [7, 11) is 0. The maximum atomic E-state index is 5.37. The Labute approximate surface area is 354 Å². The molecule has 288 valence electrons. The lowest BCUT2D eigenvalue weighted by Crippen LogP contribution is -2.36. The van der Waals surface area contributed by atoms with Crippen molar-refractivity contribution < 1.29 is 0 Å². The number of nitrogens with zero attached hydrogens (tertiary/aromatic N) is 5. The highest BCUT2D eigenvalue weighted by molar-refractivity contribution is 6.09. The largest absolute Gasteiger partial charge is 0.345 e. The van der Waals surface area contributed by atoms with Gasteiger partial charge in [0.15, 0.2) is 17.5 Å². The average molecular weight is 783 g/mol. The topological polar surface area (TPSA) is 68.0 Å². The fourth-order valence-electron chi connectivity index (χ4n) is 8.33. The molecule has 11 rings (SSSR count). The summed E-state index contributed by atoms with van der Waals surface area (Å²) in [5.74, 6) is 3.53. The van der Waals surface area contributed by atoms with Crippen LogP contribution in [0.3, 0.4) is 0 Å². The highest BCUT2D eigenvalue weighted by Crippen LogP contribution is 2.44. The van der Waals surface area contributed by atoms with Gasteiger partial charge in [-0.3, -0.25) is 4.57 Å². The number of amidine groups is 1. The summed E-state index contributed by atoms with van der Waals surface area (Å²) >= 11 is 0. The van der Waals surface area contributed by atoms with Crippen molar-refractivity contribution in [3.05, 3.63) is 230 Å². The van der Waals surface area contributed by atoms with E-state index in [9.17, 15) is 0 Å². The number of aliphatic imine (C=N–C) groups is 1. The molecule has 61 heavy (non-hydrogen) atoms. The fourth-order valence-corrected chi connectivity index (χ4v) is 8.33. The van der Waals surface area contributed by atoms with Crippen molar-refractivity contribution in [3.63, 3.8) is 0 Å². The summed E-state index contributed by atoms with van der Waals surface area (Å²) in [6, 6.07) is 75.7. The van der Waals surface area contributed by atoms with Gasteiger partial charge < -0.3 is 5.32 Å². The van der Waals surface area contributed by atoms with Crippen molar-refractivity contribution in [2.24, 2.45) is 4.99 Å². The highest BCUT2D eigenvalue weighted by atomic mass is 15.3. The number of hydrogen-bond donors (Lipinski definition) is 1. The van der Waals surface area contributed by atoms with Gasteiger partial charge in [-0.05, 0) is 45.5 Å². The van der Waals surface area contributed by atoms with Crippen LogP contribution < -0.4 is 5.32 Å². The minimum Gasteiger partial charge on any atom is -0.345 e. The van der Waals surface area contributed by atoms with E-state index in [1.165, 1.54) is 0 Å². The molecule has 1 unspecified atom stereocenters. The van der Waals surface area contributed by atoms with Crippen molar-refractivity contribution in [3.8, 4) is 67.7 Å². The molecule has 0 saturated carbocycles. The lowest BCUT2D eigenvalue weighted by molar-refractivity contribution is 0.550. The lowest BCUT2D eigenvalue weighted by atomic mass is 10.0. The Morgan fingerprint density at radius 2 is 0.770 bits per heavy atom. The molecule has 1 atom stereocenters. The molecule has 6 nitrogen and oxygen atoms in total. The van der Waals surface area contributed by atoms with Crippen LogP contribution in [0.15, 0.2) is 223 Å². The van der Waals surface area contributed by atoms with Crippen LogP contribution in [0.25, 0.3) is 78.4 Å². The van der Waals surface area contributed by atoms with Crippen LogP contribution in [-0.2, 0) is 0 Å². The second kappa shape index (κ2) is 15.5. The van der Waals surface area contributed by atoms with Crippen LogP contribution in [0.4, 0.5) is 5.82 Å². The molecular formula is C55H38N6. The number of fused-ring (bicyclic) bond motifs is 3. The number of benzene rings is 8. The van der Waals surface area contributed by atoms with Gasteiger partial charge >= 0.3 is 0 Å². The zero-order chi connectivity index (χ0) is 40.5. The first kappa shape index (κ1) is 35.9. The summed E-state index contributed by atoms with van der Waals surface area (Å²) in [4.78, 5) is 20.7. The molecule has 0 radical (unpaired) electrons. The molecule has 1 aliphatic heterocycles. The van der Waals surface area contributed by atoms with Crippen LogP contribution in [-0.4, -0.2) is 25.4 Å². The third-order valence-corrected chi connectivity index (χ3v) is 11.3. The van der Waals surface area contributed by atoms with Crippen molar-refractivity contribution in [2.75, 3.05) is 0 Å². The third-order valence-electron chi connectivity index (χ3n) is 11.3. The van der Waals surface area contributed by atoms with Gasteiger partial charge in [-0.1, -0.05) is 206 Å². The van der Waals surface area contributed by atoms with Gasteiger partial charge in [0, 0.05) is 33.0 Å². The van der Waals surface area contributed by atoms with E-state index in [1.54, 1.807) is 0 Å². The Morgan fingerprint density at radius 3 is 1.33 bits per heavy atom. The Kier molecular flexibility index (Phi) is 9.13. The predicted molar refractivity (Wildman–Crippen MR) is 248 cm³/mol. The van der Waals surface area contributed by atoms with Crippen molar-refractivity contribution in [1.82, 2.24) is 24.8 Å². The van der Waals surface area contributed by atoms with Crippen molar-refractivity contribution >= 4 is 22.4 Å². The highest BCUT2D eigenvalue weighted by Gasteiger charge is 2.30. The van der Waals surface area contributed by atoms with Gasteiger partial charge in [0.1, 0.15) is 17.8 Å². The Bertz CT molecular complexity index is 3090. The van der Waals surface area contributed by atoms with Crippen LogP contribution in [0.5, 0.6) is 0 Å². The molecule has 1 N–H and O–H groups in total. The van der Waals surface area contributed by atoms with E-state index >= 15 is 0 Å². The van der Waals surface area contributed by atoms with Gasteiger partial charge in [0.25, 0.3) is 0 Å².